The molecule has 0 spiro atoms. The van der Waals surface area contributed by atoms with Crippen molar-refractivity contribution in [3.05, 3.63) is 11.6 Å². The molecular weight excluding hydrogens is 244 g/mol. The number of rotatable bonds is 11. The lowest BCUT2D eigenvalue weighted by atomic mass is 9.93. The number of hydrogen-bond acceptors (Lipinski definition) is 4. The summed E-state index contributed by atoms with van der Waals surface area (Å²) in [6.45, 7) is 0.469. The van der Waals surface area contributed by atoms with Crippen molar-refractivity contribution in [1.82, 2.24) is 0 Å². The van der Waals surface area contributed by atoms with E-state index in [1.807, 2.05) is 0 Å². The molecule has 0 amide bonds. The van der Waals surface area contributed by atoms with Crippen LogP contribution in [0, 0.1) is 11.8 Å². The largest absolute Gasteiger partial charge is 0.219 e. The van der Waals surface area contributed by atoms with Crippen molar-refractivity contribution in [2.45, 2.75) is 64.2 Å². The van der Waals surface area contributed by atoms with Crippen LogP contribution in [0.3, 0.4) is 0 Å². The lowest BCUT2D eigenvalue weighted by Crippen LogP contribution is -1.97. The molecule has 2 aliphatic carbocycles. The molecule has 1 N–H and O–H groups in total. The van der Waals surface area contributed by atoms with E-state index in [4.69, 9.17) is 5.26 Å². The minimum absolute atomic E-state index is 0.469. The van der Waals surface area contributed by atoms with Gasteiger partial charge in [0.05, 0.1) is 6.61 Å². The highest BCUT2D eigenvalue weighted by atomic mass is 17.6. The predicted molar refractivity (Wildman–Crippen MR) is 72.0 cm³/mol. The summed E-state index contributed by atoms with van der Waals surface area (Å²) in [7, 11) is 0. The van der Waals surface area contributed by atoms with Crippen LogP contribution in [-0.4, -0.2) is 11.9 Å². The van der Waals surface area contributed by atoms with Gasteiger partial charge in [-0.25, -0.2) is 10.1 Å². The topological polar surface area (TPSA) is 47.9 Å². The van der Waals surface area contributed by atoms with Gasteiger partial charge in [0.15, 0.2) is 0 Å². The summed E-state index contributed by atoms with van der Waals surface area (Å²) >= 11 is 0. The molecular formula is C15H26O4. The van der Waals surface area contributed by atoms with Crippen molar-refractivity contribution in [2.24, 2.45) is 11.8 Å². The average molecular weight is 270 g/mol. The van der Waals surface area contributed by atoms with Gasteiger partial charge < -0.3 is 0 Å². The van der Waals surface area contributed by atoms with E-state index >= 15 is 0 Å². The highest BCUT2D eigenvalue weighted by molar-refractivity contribution is 5.19. The fourth-order valence-corrected chi connectivity index (χ4v) is 3.48. The molecule has 4 heteroatoms. The zero-order valence-electron chi connectivity index (χ0n) is 11.7. The second-order valence-electron chi connectivity index (χ2n) is 5.85. The lowest BCUT2D eigenvalue weighted by Gasteiger charge is -2.12. The lowest BCUT2D eigenvalue weighted by molar-refractivity contribution is -0.623. The molecule has 2 bridgehead atoms. The smallest absolute Gasteiger partial charge is 0.0854 e. The summed E-state index contributed by atoms with van der Waals surface area (Å²) in [4.78, 5) is 4.53. The van der Waals surface area contributed by atoms with Crippen molar-refractivity contribution < 1.29 is 20.2 Å². The van der Waals surface area contributed by atoms with Crippen LogP contribution in [0.5, 0.6) is 0 Å². The van der Waals surface area contributed by atoms with Crippen LogP contribution < -0.4 is 0 Å². The Morgan fingerprint density at radius 2 is 1.84 bits per heavy atom. The molecule has 2 rings (SSSR count). The molecule has 2 atom stereocenters. The third kappa shape index (κ3) is 5.22. The Bertz CT molecular complexity index is 277. The van der Waals surface area contributed by atoms with Gasteiger partial charge in [-0.3, -0.25) is 0 Å². The van der Waals surface area contributed by atoms with E-state index < -0.39 is 0 Å². The number of fused-ring (bicyclic) bond motifs is 2. The van der Waals surface area contributed by atoms with Crippen LogP contribution >= 0.6 is 0 Å². The predicted octanol–water partition coefficient (Wildman–Crippen LogP) is 4.43. The van der Waals surface area contributed by atoms with Gasteiger partial charge in [-0.2, -0.15) is 0 Å². The molecule has 1 saturated carbocycles. The van der Waals surface area contributed by atoms with Crippen molar-refractivity contribution in [3.8, 4) is 0 Å². The van der Waals surface area contributed by atoms with E-state index in [1.54, 1.807) is 5.57 Å². The molecule has 0 aliphatic heterocycles. The SMILES string of the molecule is OOOOCCCCCCCCC1=CC2CCC1C2. The van der Waals surface area contributed by atoms with Gasteiger partial charge in [-0.15, -0.1) is 0 Å². The molecule has 2 unspecified atom stereocenters. The fraction of sp³-hybridized carbons (Fsp3) is 0.867. The van der Waals surface area contributed by atoms with E-state index in [0.29, 0.717) is 6.61 Å². The van der Waals surface area contributed by atoms with Crippen molar-refractivity contribution in [3.63, 3.8) is 0 Å². The van der Waals surface area contributed by atoms with Crippen molar-refractivity contribution in [1.29, 1.82) is 0 Å². The third-order valence-electron chi connectivity index (χ3n) is 4.47. The molecule has 0 aromatic heterocycles. The molecule has 19 heavy (non-hydrogen) atoms. The number of unbranched alkanes of at least 4 members (excludes halogenated alkanes) is 5. The van der Waals surface area contributed by atoms with E-state index in [9.17, 15) is 0 Å². The van der Waals surface area contributed by atoms with Crippen LogP contribution in [0.25, 0.3) is 0 Å². The molecule has 4 nitrogen and oxygen atoms in total. The maximum absolute atomic E-state index is 7.84. The number of hydrogen-bond donors (Lipinski definition) is 1. The normalized spacial score (nSPS) is 25.0. The second-order valence-corrected chi connectivity index (χ2v) is 5.85. The molecule has 0 aromatic carbocycles. The zero-order chi connectivity index (χ0) is 13.3. The molecule has 0 saturated heterocycles. The average Bonchev–Trinajstić information content (AvgIpc) is 3.03. The van der Waals surface area contributed by atoms with Gasteiger partial charge in [0, 0.05) is 0 Å². The molecule has 0 heterocycles. The Hall–Kier alpha value is -0.420. The first kappa shape index (κ1) is 15.0. The highest BCUT2D eigenvalue weighted by Gasteiger charge is 2.31. The maximum atomic E-state index is 7.84. The zero-order valence-corrected chi connectivity index (χ0v) is 11.7. The van der Waals surface area contributed by atoms with E-state index in [2.05, 4.69) is 21.0 Å². The highest BCUT2D eigenvalue weighted by Crippen LogP contribution is 2.45. The van der Waals surface area contributed by atoms with Gasteiger partial charge in [-0.1, -0.05) is 37.3 Å². The fourth-order valence-electron chi connectivity index (χ4n) is 3.48. The van der Waals surface area contributed by atoms with Crippen LogP contribution in [0.2, 0.25) is 0 Å². The second kappa shape index (κ2) is 8.69. The van der Waals surface area contributed by atoms with Gasteiger partial charge >= 0.3 is 0 Å². The first-order valence-electron chi connectivity index (χ1n) is 7.70. The maximum Gasteiger partial charge on any atom is 0.0854 e. The molecule has 1 fully saturated rings. The monoisotopic (exact) mass is 270 g/mol. The van der Waals surface area contributed by atoms with E-state index in [0.717, 1.165) is 24.7 Å². The van der Waals surface area contributed by atoms with Crippen LogP contribution in [0.15, 0.2) is 11.6 Å². The summed E-state index contributed by atoms with van der Waals surface area (Å²) in [5, 5.41) is 15.1. The van der Waals surface area contributed by atoms with Crippen LogP contribution in [0.1, 0.15) is 64.2 Å². The quantitative estimate of drug-likeness (QED) is 0.261. The minimum Gasteiger partial charge on any atom is -0.219 e. The Labute approximate surface area is 115 Å². The third-order valence-corrected chi connectivity index (χ3v) is 4.47. The van der Waals surface area contributed by atoms with Crippen LogP contribution in [-0.2, 0) is 15.0 Å². The summed E-state index contributed by atoms with van der Waals surface area (Å²) in [5.74, 6) is 1.89. The summed E-state index contributed by atoms with van der Waals surface area (Å²) in [6.07, 6.45) is 15.6. The van der Waals surface area contributed by atoms with Crippen LogP contribution in [0.4, 0.5) is 0 Å². The van der Waals surface area contributed by atoms with E-state index in [-0.39, 0.29) is 0 Å². The molecule has 0 aromatic rings. The Morgan fingerprint density at radius 3 is 2.53 bits per heavy atom. The molecule has 110 valence electrons. The summed E-state index contributed by atoms with van der Waals surface area (Å²) < 4.78 is 0. The van der Waals surface area contributed by atoms with Gasteiger partial charge in [0.1, 0.15) is 0 Å². The van der Waals surface area contributed by atoms with Crippen molar-refractivity contribution in [2.75, 3.05) is 6.61 Å². The van der Waals surface area contributed by atoms with Crippen molar-refractivity contribution >= 4 is 0 Å². The Kier molecular flexibility index (Phi) is 6.85. The van der Waals surface area contributed by atoms with E-state index in [1.165, 1.54) is 51.4 Å². The Balaban J connectivity index is 1.36. The number of allylic oxidation sites excluding steroid dienone is 2. The van der Waals surface area contributed by atoms with Gasteiger partial charge in [-0.05, 0) is 60.4 Å². The molecule has 0 radical (unpaired) electrons. The van der Waals surface area contributed by atoms with Gasteiger partial charge in [0.25, 0.3) is 0 Å². The Morgan fingerprint density at radius 1 is 1.05 bits per heavy atom. The molecule has 2 aliphatic rings. The first-order valence-corrected chi connectivity index (χ1v) is 7.70. The van der Waals surface area contributed by atoms with Gasteiger partial charge in [0.2, 0.25) is 0 Å². The summed E-state index contributed by atoms with van der Waals surface area (Å²) in [6, 6.07) is 0. The first-order chi connectivity index (χ1) is 9.40. The standard InChI is InChI=1S/C15H26O4/c16-18-19-17-10-6-4-2-1-3-5-7-14-11-13-8-9-15(14)12-13/h11,13,15-16H,1-10,12H2. The minimum atomic E-state index is 0.469. The summed E-state index contributed by atoms with van der Waals surface area (Å²) in [5.41, 5.74) is 1.77.